The van der Waals surface area contributed by atoms with Crippen molar-refractivity contribution in [3.05, 3.63) is 59.5 Å². The highest BCUT2D eigenvalue weighted by molar-refractivity contribution is 5.32. The molecule has 0 aliphatic heterocycles. The third-order valence-electron chi connectivity index (χ3n) is 8.98. The topological polar surface area (TPSA) is 0 Å². The second-order valence-corrected chi connectivity index (χ2v) is 11.3. The normalized spacial score (nSPS) is 30.9. The molecule has 3 aliphatic carbocycles. The number of allylic oxidation sites excluding steroid dienone is 9. The van der Waals surface area contributed by atoms with Crippen molar-refractivity contribution >= 4 is 0 Å². The van der Waals surface area contributed by atoms with Gasteiger partial charge in [0.15, 0.2) is 5.83 Å². The SMILES string of the molecule is C=C(/C(F)=C(/F)[C@H](CC)CCC1CCC(C2=CC[C@H](CC)C(F)=C2)CC1)[C@@H]1C=CC(CCC)CC1. The summed E-state index contributed by atoms with van der Waals surface area (Å²) in [6.07, 6.45) is 20.7. The van der Waals surface area contributed by atoms with Gasteiger partial charge in [-0.2, -0.15) is 0 Å². The molecule has 3 rings (SSSR count). The molecule has 3 aliphatic rings. The van der Waals surface area contributed by atoms with Gasteiger partial charge in [0.2, 0.25) is 0 Å². The molecule has 0 heterocycles. The Hall–Kier alpha value is -1.51. The van der Waals surface area contributed by atoms with E-state index in [1.807, 2.05) is 19.9 Å². The van der Waals surface area contributed by atoms with Crippen LogP contribution in [0.1, 0.15) is 104 Å². The van der Waals surface area contributed by atoms with Crippen LogP contribution in [0.3, 0.4) is 0 Å². The molecule has 0 aromatic carbocycles. The van der Waals surface area contributed by atoms with Crippen molar-refractivity contribution in [1.82, 2.24) is 0 Å². The van der Waals surface area contributed by atoms with Crippen LogP contribution in [-0.4, -0.2) is 0 Å². The zero-order valence-electron chi connectivity index (χ0n) is 22.3. The van der Waals surface area contributed by atoms with Gasteiger partial charge in [-0.05, 0) is 112 Å². The molecule has 35 heavy (non-hydrogen) atoms. The van der Waals surface area contributed by atoms with Gasteiger partial charge in [0.25, 0.3) is 0 Å². The Morgan fingerprint density at radius 1 is 1.00 bits per heavy atom. The number of rotatable bonds is 11. The minimum Gasteiger partial charge on any atom is -0.212 e. The lowest BCUT2D eigenvalue weighted by atomic mass is 9.74. The molecule has 0 amide bonds. The van der Waals surface area contributed by atoms with Crippen molar-refractivity contribution < 1.29 is 13.2 Å². The van der Waals surface area contributed by atoms with E-state index in [9.17, 15) is 4.39 Å². The van der Waals surface area contributed by atoms with E-state index >= 15 is 8.78 Å². The molecular weight excluding hydrogens is 441 g/mol. The monoisotopic (exact) mass is 488 g/mol. The molecule has 0 spiro atoms. The van der Waals surface area contributed by atoms with Crippen LogP contribution in [0.4, 0.5) is 13.2 Å². The summed E-state index contributed by atoms with van der Waals surface area (Å²) in [5.41, 5.74) is 1.50. The summed E-state index contributed by atoms with van der Waals surface area (Å²) in [4.78, 5) is 0. The minimum absolute atomic E-state index is 0.0493. The van der Waals surface area contributed by atoms with Gasteiger partial charge in [0.05, 0.1) is 0 Å². The molecule has 1 fully saturated rings. The first-order valence-corrected chi connectivity index (χ1v) is 14.4. The van der Waals surface area contributed by atoms with Gasteiger partial charge >= 0.3 is 0 Å². The summed E-state index contributed by atoms with van der Waals surface area (Å²) in [5.74, 6) is -0.0531. The zero-order chi connectivity index (χ0) is 25.4. The van der Waals surface area contributed by atoms with Crippen molar-refractivity contribution in [2.75, 3.05) is 0 Å². The maximum Gasteiger partial charge on any atom is 0.158 e. The van der Waals surface area contributed by atoms with Crippen LogP contribution < -0.4 is 0 Å². The summed E-state index contributed by atoms with van der Waals surface area (Å²) in [7, 11) is 0. The van der Waals surface area contributed by atoms with Crippen LogP contribution in [0.15, 0.2) is 59.5 Å². The van der Waals surface area contributed by atoms with Crippen molar-refractivity contribution in [3.8, 4) is 0 Å². The number of hydrogen-bond acceptors (Lipinski definition) is 0. The number of halogens is 3. The maximum atomic E-state index is 15.2. The minimum atomic E-state index is -0.701. The molecule has 1 saturated carbocycles. The third-order valence-corrected chi connectivity index (χ3v) is 8.98. The van der Waals surface area contributed by atoms with E-state index in [0.29, 0.717) is 36.2 Å². The largest absolute Gasteiger partial charge is 0.212 e. The molecule has 196 valence electrons. The highest BCUT2D eigenvalue weighted by Crippen LogP contribution is 2.41. The Kier molecular flexibility index (Phi) is 11.0. The van der Waals surface area contributed by atoms with E-state index in [4.69, 9.17) is 0 Å². The Labute approximate surface area is 212 Å². The second-order valence-electron chi connectivity index (χ2n) is 11.3. The van der Waals surface area contributed by atoms with E-state index in [-0.39, 0.29) is 23.6 Å². The fourth-order valence-corrected chi connectivity index (χ4v) is 6.38. The fraction of sp³-hybridized carbons (Fsp3) is 0.688. The van der Waals surface area contributed by atoms with Crippen LogP contribution in [0, 0.1) is 35.5 Å². The van der Waals surface area contributed by atoms with Crippen LogP contribution in [0.25, 0.3) is 0 Å². The predicted molar refractivity (Wildman–Crippen MR) is 143 cm³/mol. The molecule has 0 N–H and O–H groups in total. The van der Waals surface area contributed by atoms with Crippen molar-refractivity contribution in [2.24, 2.45) is 35.5 Å². The second kappa shape index (κ2) is 13.7. The molecular formula is C32H47F3. The lowest BCUT2D eigenvalue weighted by molar-refractivity contribution is 0.265. The van der Waals surface area contributed by atoms with Gasteiger partial charge in [0.1, 0.15) is 11.7 Å². The van der Waals surface area contributed by atoms with E-state index in [2.05, 4.69) is 25.7 Å². The van der Waals surface area contributed by atoms with Gasteiger partial charge in [-0.3, -0.25) is 0 Å². The summed E-state index contributed by atoms with van der Waals surface area (Å²) in [5, 5.41) is 0. The molecule has 0 radical (unpaired) electrons. The molecule has 0 bridgehead atoms. The van der Waals surface area contributed by atoms with Crippen LogP contribution >= 0.6 is 0 Å². The molecule has 3 heteroatoms. The Bertz CT molecular complexity index is 822. The van der Waals surface area contributed by atoms with E-state index < -0.39 is 11.7 Å². The molecule has 0 aromatic heterocycles. The first-order chi connectivity index (χ1) is 16.9. The van der Waals surface area contributed by atoms with Crippen LogP contribution in [0.2, 0.25) is 0 Å². The summed E-state index contributed by atoms with van der Waals surface area (Å²) in [6.45, 7) is 10.1. The third kappa shape index (κ3) is 7.49. The van der Waals surface area contributed by atoms with Crippen molar-refractivity contribution in [3.63, 3.8) is 0 Å². The molecule has 1 unspecified atom stereocenters. The molecule has 0 aromatic rings. The summed E-state index contributed by atoms with van der Waals surface area (Å²) in [6, 6.07) is 0. The molecule has 0 nitrogen and oxygen atoms in total. The number of hydrogen-bond donors (Lipinski definition) is 0. The quantitative estimate of drug-likeness (QED) is 0.200. The molecule has 0 saturated heterocycles. The van der Waals surface area contributed by atoms with Gasteiger partial charge in [0, 0.05) is 17.8 Å². The lowest BCUT2D eigenvalue weighted by Gasteiger charge is -2.31. The maximum absolute atomic E-state index is 15.2. The lowest BCUT2D eigenvalue weighted by Crippen LogP contribution is -2.18. The van der Waals surface area contributed by atoms with Gasteiger partial charge in [-0.25, -0.2) is 13.2 Å². The van der Waals surface area contributed by atoms with Crippen molar-refractivity contribution in [2.45, 2.75) is 104 Å². The van der Waals surface area contributed by atoms with E-state index in [0.717, 1.165) is 70.6 Å². The summed E-state index contributed by atoms with van der Waals surface area (Å²) >= 11 is 0. The van der Waals surface area contributed by atoms with Gasteiger partial charge in [-0.1, -0.05) is 52.0 Å². The Balaban J connectivity index is 1.49. The average molecular weight is 489 g/mol. The predicted octanol–water partition coefficient (Wildman–Crippen LogP) is 10.9. The van der Waals surface area contributed by atoms with E-state index in [1.165, 1.54) is 5.57 Å². The Morgan fingerprint density at radius 3 is 2.31 bits per heavy atom. The Morgan fingerprint density at radius 2 is 1.74 bits per heavy atom. The first kappa shape index (κ1) is 28.1. The van der Waals surface area contributed by atoms with Crippen molar-refractivity contribution in [1.29, 1.82) is 0 Å². The van der Waals surface area contributed by atoms with Crippen LogP contribution in [0.5, 0.6) is 0 Å². The van der Waals surface area contributed by atoms with Gasteiger partial charge in [-0.15, -0.1) is 0 Å². The standard InChI is InChI=1S/C32H47F3/c1-5-8-23-10-15-27(16-11-23)22(4)31(34)32(35)26(7-3)14-9-24-12-17-28(18-13-24)29-20-19-25(6-2)30(33)21-29/h10,15,20-21,23-28H,4-9,11-14,16-19H2,1-3H3/b32-31-/t23?,24?,25-,26+,27+,28?/m0/s1. The zero-order valence-corrected chi connectivity index (χ0v) is 22.3. The highest BCUT2D eigenvalue weighted by Gasteiger charge is 2.28. The first-order valence-electron chi connectivity index (χ1n) is 14.4. The highest BCUT2D eigenvalue weighted by atomic mass is 19.2. The fourth-order valence-electron chi connectivity index (χ4n) is 6.38. The van der Waals surface area contributed by atoms with Gasteiger partial charge < -0.3 is 0 Å². The summed E-state index contributed by atoms with van der Waals surface area (Å²) < 4.78 is 44.6. The smallest absolute Gasteiger partial charge is 0.158 e. The van der Waals surface area contributed by atoms with Crippen LogP contribution in [-0.2, 0) is 0 Å². The average Bonchev–Trinajstić information content (AvgIpc) is 2.89. The molecule has 4 atom stereocenters. The van der Waals surface area contributed by atoms with E-state index in [1.54, 1.807) is 6.08 Å².